The van der Waals surface area contributed by atoms with Gasteiger partial charge in [-0.05, 0) is 25.2 Å². The Morgan fingerprint density at radius 3 is 2.82 bits per heavy atom. The van der Waals surface area contributed by atoms with Gasteiger partial charge in [0.1, 0.15) is 0 Å². The minimum absolute atomic E-state index is 0.0566. The van der Waals surface area contributed by atoms with E-state index in [1.807, 2.05) is 11.9 Å². The highest BCUT2D eigenvalue weighted by Crippen LogP contribution is 2.26. The minimum atomic E-state index is -0.419. The second-order valence-corrected chi connectivity index (χ2v) is 5.26. The van der Waals surface area contributed by atoms with Crippen LogP contribution in [0.3, 0.4) is 0 Å². The number of carbonyl (C=O) groups is 1. The van der Waals surface area contributed by atoms with Gasteiger partial charge in [-0.25, -0.2) is 0 Å². The zero-order valence-corrected chi connectivity index (χ0v) is 11.3. The standard InChI is InChI=1S/C13H26N2O2/c1-10-5-4-6-11(9-10)15(2)13(16)12(14)7-8-17-3/h10-12H,4-9,14H2,1-3H3. The van der Waals surface area contributed by atoms with Crippen molar-refractivity contribution in [3.8, 4) is 0 Å². The van der Waals surface area contributed by atoms with Gasteiger partial charge >= 0.3 is 0 Å². The number of rotatable bonds is 5. The average molecular weight is 242 g/mol. The summed E-state index contributed by atoms with van der Waals surface area (Å²) in [6.45, 7) is 2.80. The lowest BCUT2D eigenvalue weighted by atomic mass is 9.86. The highest BCUT2D eigenvalue weighted by Gasteiger charge is 2.27. The third-order valence-electron chi connectivity index (χ3n) is 3.75. The summed E-state index contributed by atoms with van der Waals surface area (Å²) >= 11 is 0. The molecule has 0 saturated heterocycles. The molecule has 1 amide bonds. The van der Waals surface area contributed by atoms with E-state index >= 15 is 0 Å². The Bertz CT molecular complexity index is 246. The van der Waals surface area contributed by atoms with E-state index in [4.69, 9.17) is 10.5 Å². The molecule has 3 unspecified atom stereocenters. The van der Waals surface area contributed by atoms with Gasteiger partial charge in [-0.3, -0.25) is 4.79 Å². The molecule has 0 radical (unpaired) electrons. The average Bonchev–Trinajstić information content (AvgIpc) is 2.34. The van der Waals surface area contributed by atoms with Crippen LogP contribution in [0.15, 0.2) is 0 Å². The molecule has 3 atom stereocenters. The highest BCUT2D eigenvalue weighted by molar-refractivity contribution is 5.81. The number of nitrogens with zero attached hydrogens (tertiary/aromatic N) is 1. The minimum Gasteiger partial charge on any atom is -0.385 e. The van der Waals surface area contributed by atoms with Crippen molar-refractivity contribution in [2.24, 2.45) is 11.7 Å². The van der Waals surface area contributed by atoms with Crippen molar-refractivity contribution in [1.82, 2.24) is 4.90 Å². The van der Waals surface area contributed by atoms with E-state index in [0.29, 0.717) is 19.1 Å². The first-order valence-corrected chi connectivity index (χ1v) is 6.57. The smallest absolute Gasteiger partial charge is 0.239 e. The van der Waals surface area contributed by atoms with Crippen LogP contribution in [-0.4, -0.2) is 43.7 Å². The summed E-state index contributed by atoms with van der Waals surface area (Å²) in [5.41, 5.74) is 5.87. The van der Waals surface area contributed by atoms with Gasteiger partial charge in [-0.15, -0.1) is 0 Å². The second kappa shape index (κ2) is 6.97. The summed E-state index contributed by atoms with van der Waals surface area (Å²) in [6.07, 6.45) is 5.33. The Kier molecular flexibility index (Phi) is 5.92. The summed E-state index contributed by atoms with van der Waals surface area (Å²) in [5, 5.41) is 0. The summed E-state index contributed by atoms with van der Waals surface area (Å²) in [6, 6.07) is -0.0444. The lowest BCUT2D eigenvalue weighted by Gasteiger charge is -2.35. The molecule has 100 valence electrons. The number of nitrogens with two attached hydrogens (primary N) is 1. The number of amides is 1. The van der Waals surface area contributed by atoms with Crippen molar-refractivity contribution in [2.45, 2.75) is 51.1 Å². The Hall–Kier alpha value is -0.610. The normalized spacial score (nSPS) is 26.6. The van der Waals surface area contributed by atoms with Crippen LogP contribution >= 0.6 is 0 Å². The van der Waals surface area contributed by atoms with Crippen LogP contribution in [-0.2, 0) is 9.53 Å². The van der Waals surface area contributed by atoms with Gasteiger partial charge in [0.15, 0.2) is 0 Å². The monoisotopic (exact) mass is 242 g/mol. The molecule has 1 fully saturated rings. The van der Waals surface area contributed by atoms with Crippen molar-refractivity contribution < 1.29 is 9.53 Å². The van der Waals surface area contributed by atoms with Crippen molar-refractivity contribution in [3.63, 3.8) is 0 Å². The SMILES string of the molecule is COCCC(N)C(=O)N(C)C1CCCC(C)C1. The molecule has 1 aliphatic rings. The van der Waals surface area contributed by atoms with Crippen LogP contribution in [0.5, 0.6) is 0 Å². The third kappa shape index (κ3) is 4.28. The molecule has 0 aromatic heterocycles. The number of likely N-dealkylation sites (N-methyl/N-ethyl adjacent to an activating group) is 1. The Labute approximate surface area is 104 Å². The fourth-order valence-corrected chi connectivity index (χ4v) is 2.56. The molecule has 2 N–H and O–H groups in total. The van der Waals surface area contributed by atoms with Gasteiger partial charge in [0.05, 0.1) is 6.04 Å². The van der Waals surface area contributed by atoms with Gasteiger partial charge in [-0.2, -0.15) is 0 Å². The molecule has 1 rings (SSSR count). The van der Waals surface area contributed by atoms with Gasteiger partial charge < -0.3 is 15.4 Å². The molecule has 0 bridgehead atoms. The molecular weight excluding hydrogens is 216 g/mol. The van der Waals surface area contributed by atoms with Crippen LogP contribution in [0.1, 0.15) is 39.0 Å². The quantitative estimate of drug-likeness (QED) is 0.792. The topological polar surface area (TPSA) is 55.6 Å². The summed E-state index contributed by atoms with van der Waals surface area (Å²) < 4.78 is 4.95. The number of methoxy groups -OCH3 is 1. The number of ether oxygens (including phenoxy) is 1. The third-order valence-corrected chi connectivity index (χ3v) is 3.75. The predicted molar refractivity (Wildman–Crippen MR) is 68.7 cm³/mol. The summed E-state index contributed by atoms with van der Waals surface area (Å²) in [7, 11) is 3.52. The van der Waals surface area contributed by atoms with Crippen molar-refractivity contribution in [1.29, 1.82) is 0 Å². The molecule has 4 heteroatoms. The largest absolute Gasteiger partial charge is 0.385 e. The Morgan fingerprint density at radius 1 is 1.53 bits per heavy atom. The first-order valence-electron chi connectivity index (χ1n) is 6.57. The summed E-state index contributed by atoms with van der Waals surface area (Å²) in [5.74, 6) is 0.778. The number of carbonyl (C=O) groups excluding carboxylic acids is 1. The van der Waals surface area contributed by atoms with Crippen molar-refractivity contribution in [3.05, 3.63) is 0 Å². The van der Waals surface area contributed by atoms with E-state index in [2.05, 4.69) is 6.92 Å². The number of hydrogen-bond acceptors (Lipinski definition) is 3. The fraction of sp³-hybridized carbons (Fsp3) is 0.923. The van der Waals surface area contributed by atoms with E-state index in [-0.39, 0.29) is 5.91 Å². The van der Waals surface area contributed by atoms with Crippen LogP contribution in [0.25, 0.3) is 0 Å². The highest BCUT2D eigenvalue weighted by atomic mass is 16.5. The molecule has 0 aliphatic heterocycles. The van der Waals surface area contributed by atoms with Crippen molar-refractivity contribution >= 4 is 5.91 Å². The lowest BCUT2D eigenvalue weighted by molar-refractivity contribution is -0.134. The van der Waals surface area contributed by atoms with Gasteiger partial charge in [0.2, 0.25) is 5.91 Å². The summed E-state index contributed by atoms with van der Waals surface area (Å²) in [4.78, 5) is 14.0. The maximum atomic E-state index is 12.1. The first-order chi connectivity index (χ1) is 8.06. The van der Waals surface area contributed by atoms with E-state index in [0.717, 1.165) is 18.8 Å². The molecule has 1 aliphatic carbocycles. The molecule has 0 aromatic carbocycles. The van der Waals surface area contributed by atoms with E-state index in [9.17, 15) is 4.79 Å². The van der Waals surface area contributed by atoms with Crippen LogP contribution in [0.2, 0.25) is 0 Å². The zero-order chi connectivity index (χ0) is 12.8. The van der Waals surface area contributed by atoms with Crippen LogP contribution < -0.4 is 5.73 Å². The molecule has 17 heavy (non-hydrogen) atoms. The maximum Gasteiger partial charge on any atom is 0.239 e. The number of hydrogen-bond donors (Lipinski definition) is 1. The zero-order valence-electron chi connectivity index (χ0n) is 11.3. The molecular formula is C13H26N2O2. The van der Waals surface area contributed by atoms with Gasteiger partial charge in [0.25, 0.3) is 0 Å². The Balaban J connectivity index is 2.44. The molecule has 4 nitrogen and oxygen atoms in total. The Morgan fingerprint density at radius 2 is 2.24 bits per heavy atom. The van der Waals surface area contributed by atoms with E-state index in [1.54, 1.807) is 7.11 Å². The van der Waals surface area contributed by atoms with Crippen LogP contribution in [0.4, 0.5) is 0 Å². The van der Waals surface area contributed by atoms with Gasteiger partial charge in [-0.1, -0.05) is 19.8 Å². The molecule has 0 spiro atoms. The van der Waals surface area contributed by atoms with E-state index in [1.165, 1.54) is 12.8 Å². The van der Waals surface area contributed by atoms with Crippen molar-refractivity contribution in [2.75, 3.05) is 20.8 Å². The lowest BCUT2D eigenvalue weighted by Crippen LogP contribution is -2.48. The fourth-order valence-electron chi connectivity index (χ4n) is 2.56. The molecule has 0 aromatic rings. The van der Waals surface area contributed by atoms with Gasteiger partial charge in [0, 0.05) is 26.8 Å². The predicted octanol–water partition coefficient (Wildman–Crippen LogP) is 1.39. The first kappa shape index (κ1) is 14.5. The van der Waals surface area contributed by atoms with E-state index < -0.39 is 6.04 Å². The maximum absolute atomic E-state index is 12.1. The molecule has 0 heterocycles. The van der Waals surface area contributed by atoms with Crippen LogP contribution in [0, 0.1) is 5.92 Å². The second-order valence-electron chi connectivity index (χ2n) is 5.26. The molecule has 1 saturated carbocycles.